The minimum Gasteiger partial charge on any atom is -0.481 e. The van der Waals surface area contributed by atoms with Crippen molar-refractivity contribution < 1.29 is 19.5 Å². The fourth-order valence-corrected chi connectivity index (χ4v) is 3.11. The summed E-state index contributed by atoms with van der Waals surface area (Å²) in [6, 6.07) is 6.68. The molecular weight excluding hydrogens is 320 g/mol. The van der Waals surface area contributed by atoms with Gasteiger partial charge in [0.05, 0.1) is 12.5 Å². The van der Waals surface area contributed by atoms with E-state index in [9.17, 15) is 14.4 Å². The number of carboxylic acids is 1. The zero-order valence-corrected chi connectivity index (χ0v) is 14.6. The Balaban J connectivity index is 1.74. The molecule has 3 N–H and O–H groups in total. The molecule has 0 bridgehead atoms. The standard InChI is InChI=1S/C19H26N2O4/c1-13(19(24)25)15-7-9-16(10-8-15)21-18(23)12-20-17(22)11-14-5-3-2-4-6-14/h7-10,13-14H,2-6,11-12H2,1H3,(H,20,22)(H,21,23)(H,24,25). The second-order valence-electron chi connectivity index (χ2n) is 6.72. The second-order valence-corrected chi connectivity index (χ2v) is 6.72. The zero-order chi connectivity index (χ0) is 18.2. The van der Waals surface area contributed by atoms with Crippen LogP contribution in [-0.4, -0.2) is 29.4 Å². The van der Waals surface area contributed by atoms with Crippen LogP contribution in [0.1, 0.15) is 56.9 Å². The summed E-state index contributed by atoms with van der Waals surface area (Å²) in [4.78, 5) is 34.8. The first-order valence-corrected chi connectivity index (χ1v) is 8.85. The predicted molar refractivity (Wildman–Crippen MR) is 95.3 cm³/mol. The summed E-state index contributed by atoms with van der Waals surface area (Å²) in [7, 11) is 0. The number of carbonyl (C=O) groups excluding carboxylic acids is 2. The summed E-state index contributed by atoms with van der Waals surface area (Å²) in [5.74, 6) is -1.41. The van der Waals surface area contributed by atoms with Gasteiger partial charge in [0.1, 0.15) is 0 Å². The predicted octanol–water partition coefficient (Wildman–Crippen LogP) is 2.90. The lowest BCUT2D eigenvalue weighted by Crippen LogP contribution is -2.34. The van der Waals surface area contributed by atoms with Crippen molar-refractivity contribution in [1.82, 2.24) is 5.32 Å². The Morgan fingerprint density at radius 3 is 2.32 bits per heavy atom. The molecule has 0 saturated heterocycles. The minimum atomic E-state index is -0.891. The van der Waals surface area contributed by atoms with E-state index in [1.165, 1.54) is 19.3 Å². The van der Waals surface area contributed by atoms with Gasteiger partial charge in [0, 0.05) is 12.1 Å². The molecule has 1 unspecified atom stereocenters. The van der Waals surface area contributed by atoms with Crippen molar-refractivity contribution in [2.45, 2.75) is 51.4 Å². The van der Waals surface area contributed by atoms with Crippen LogP contribution < -0.4 is 10.6 Å². The molecular formula is C19H26N2O4. The molecule has 0 aromatic heterocycles. The van der Waals surface area contributed by atoms with Gasteiger partial charge in [-0.1, -0.05) is 31.4 Å². The van der Waals surface area contributed by atoms with Crippen LogP contribution in [0.3, 0.4) is 0 Å². The molecule has 0 heterocycles. The van der Waals surface area contributed by atoms with Crippen molar-refractivity contribution in [1.29, 1.82) is 0 Å². The number of anilines is 1. The maximum atomic E-state index is 11.9. The van der Waals surface area contributed by atoms with Crippen molar-refractivity contribution in [3.63, 3.8) is 0 Å². The molecule has 1 saturated carbocycles. The van der Waals surface area contributed by atoms with Crippen molar-refractivity contribution in [2.24, 2.45) is 5.92 Å². The van der Waals surface area contributed by atoms with Gasteiger partial charge in [0.2, 0.25) is 11.8 Å². The number of amides is 2. The van der Waals surface area contributed by atoms with Gasteiger partial charge >= 0.3 is 5.97 Å². The fraction of sp³-hybridized carbons (Fsp3) is 0.526. The summed E-state index contributed by atoms with van der Waals surface area (Å²) in [5.41, 5.74) is 1.25. The van der Waals surface area contributed by atoms with E-state index in [4.69, 9.17) is 5.11 Å². The maximum Gasteiger partial charge on any atom is 0.310 e. The van der Waals surface area contributed by atoms with Crippen LogP contribution in [0.2, 0.25) is 0 Å². The van der Waals surface area contributed by atoms with E-state index in [1.54, 1.807) is 31.2 Å². The first-order valence-electron chi connectivity index (χ1n) is 8.85. The average Bonchev–Trinajstić information content (AvgIpc) is 2.61. The van der Waals surface area contributed by atoms with Crippen LogP contribution in [0.5, 0.6) is 0 Å². The van der Waals surface area contributed by atoms with E-state index in [-0.39, 0.29) is 18.4 Å². The molecule has 1 aliphatic carbocycles. The number of carbonyl (C=O) groups is 3. The number of carboxylic acid groups (broad SMARTS) is 1. The largest absolute Gasteiger partial charge is 0.481 e. The monoisotopic (exact) mass is 346 g/mol. The first kappa shape index (κ1) is 19.0. The molecule has 25 heavy (non-hydrogen) atoms. The van der Waals surface area contributed by atoms with Gasteiger partial charge in [-0.25, -0.2) is 0 Å². The summed E-state index contributed by atoms with van der Waals surface area (Å²) in [6.45, 7) is 1.55. The van der Waals surface area contributed by atoms with Crippen molar-refractivity contribution in [2.75, 3.05) is 11.9 Å². The molecule has 2 amide bonds. The molecule has 0 aliphatic heterocycles. The van der Waals surface area contributed by atoms with Crippen molar-refractivity contribution in [3.8, 4) is 0 Å². The van der Waals surface area contributed by atoms with Crippen LogP contribution in [0.25, 0.3) is 0 Å². The summed E-state index contributed by atoms with van der Waals surface area (Å²) in [5, 5.41) is 14.3. The Morgan fingerprint density at radius 2 is 1.72 bits per heavy atom. The highest BCUT2D eigenvalue weighted by Gasteiger charge is 2.17. The van der Waals surface area contributed by atoms with E-state index in [1.807, 2.05) is 0 Å². The third-order valence-electron chi connectivity index (χ3n) is 4.71. The number of benzene rings is 1. The SMILES string of the molecule is CC(C(=O)O)c1ccc(NC(=O)CNC(=O)CC2CCCCC2)cc1. The fourth-order valence-electron chi connectivity index (χ4n) is 3.11. The summed E-state index contributed by atoms with van der Waals surface area (Å²) < 4.78 is 0. The van der Waals surface area contributed by atoms with E-state index in [2.05, 4.69) is 10.6 Å². The van der Waals surface area contributed by atoms with Gasteiger partial charge in [0.15, 0.2) is 0 Å². The number of aliphatic carboxylic acids is 1. The topological polar surface area (TPSA) is 95.5 Å². The van der Waals surface area contributed by atoms with Crippen LogP contribution in [-0.2, 0) is 14.4 Å². The Kier molecular flexibility index (Phi) is 6.98. The van der Waals surface area contributed by atoms with Crippen LogP contribution in [0.15, 0.2) is 24.3 Å². The van der Waals surface area contributed by atoms with Gasteiger partial charge in [-0.3, -0.25) is 14.4 Å². The third-order valence-corrected chi connectivity index (χ3v) is 4.71. The molecule has 1 aromatic rings. The van der Waals surface area contributed by atoms with Gasteiger partial charge in [-0.2, -0.15) is 0 Å². The molecule has 6 nitrogen and oxygen atoms in total. The smallest absolute Gasteiger partial charge is 0.310 e. The highest BCUT2D eigenvalue weighted by atomic mass is 16.4. The zero-order valence-electron chi connectivity index (χ0n) is 14.6. The number of hydrogen-bond acceptors (Lipinski definition) is 3. The van der Waals surface area contributed by atoms with Gasteiger partial charge in [0.25, 0.3) is 0 Å². The quantitative estimate of drug-likeness (QED) is 0.707. The highest BCUT2D eigenvalue weighted by Crippen LogP contribution is 2.26. The maximum absolute atomic E-state index is 11.9. The van der Waals surface area contributed by atoms with Gasteiger partial charge in [-0.15, -0.1) is 0 Å². The lowest BCUT2D eigenvalue weighted by atomic mass is 9.87. The lowest BCUT2D eigenvalue weighted by molar-refractivity contribution is -0.138. The van der Waals surface area contributed by atoms with Crippen LogP contribution >= 0.6 is 0 Å². The Bertz CT molecular complexity index is 606. The van der Waals surface area contributed by atoms with E-state index < -0.39 is 11.9 Å². The minimum absolute atomic E-state index is 0.0567. The molecule has 2 rings (SSSR count). The first-order chi connectivity index (χ1) is 12.0. The molecule has 1 aliphatic rings. The molecule has 0 spiro atoms. The molecule has 6 heteroatoms. The van der Waals surface area contributed by atoms with Crippen molar-refractivity contribution in [3.05, 3.63) is 29.8 Å². The molecule has 0 radical (unpaired) electrons. The summed E-state index contributed by atoms with van der Waals surface area (Å²) in [6.07, 6.45) is 6.32. The van der Waals surface area contributed by atoms with E-state index >= 15 is 0 Å². The number of nitrogens with one attached hydrogen (secondary N) is 2. The van der Waals surface area contributed by atoms with Gasteiger partial charge in [-0.05, 0) is 43.4 Å². The van der Waals surface area contributed by atoms with Gasteiger partial charge < -0.3 is 15.7 Å². The Labute approximate surface area is 148 Å². The Hall–Kier alpha value is -2.37. The lowest BCUT2D eigenvalue weighted by Gasteiger charge is -2.20. The van der Waals surface area contributed by atoms with Crippen LogP contribution in [0, 0.1) is 5.92 Å². The Morgan fingerprint density at radius 1 is 1.08 bits per heavy atom. The second kappa shape index (κ2) is 9.20. The number of rotatable bonds is 7. The average molecular weight is 346 g/mol. The normalized spacial score (nSPS) is 16.0. The van der Waals surface area contributed by atoms with Crippen LogP contribution in [0.4, 0.5) is 5.69 Å². The van der Waals surface area contributed by atoms with E-state index in [0.29, 0.717) is 23.6 Å². The van der Waals surface area contributed by atoms with Crippen molar-refractivity contribution >= 4 is 23.5 Å². The van der Waals surface area contributed by atoms with E-state index in [0.717, 1.165) is 12.8 Å². The molecule has 1 aromatic carbocycles. The molecule has 1 atom stereocenters. The number of hydrogen-bond donors (Lipinski definition) is 3. The third kappa shape index (κ3) is 6.21. The molecule has 136 valence electrons. The molecule has 1 fully saturated rings. The summed E-state index contributed by atoms with van der Waals surface area (Å²) >= 11 is 0. The highest BCUT2D eigenvalue weighted by molar-refractivity contribution is 5.94.